The Bertz CT molecular complexity index is 320. The lowest BCUT2D eigenvalue weighted by molar-refractivity contribution is 0.322. The Balaban J connectivity index is 2.34. The van der Waals surface area contributed by atoms with Gasteiger partial charge in [-0.1, -0.05) is 13.8 Å². The largest absolute Gasteiger partial charge is 0.313 e. The molecule has 0 aromatic carbocycles. The second kappa shape index (κ2) is 6.33. The standard InChI is InChI=1S/C12H23N3S/c1-9(2)13-6-7-15(5)8-12-10(3)14-11(4)16-12/h9,13H,6-8H2,1-5H3. The molecule has 3 nitrogen and oxygen atoms in total. The van der Waals surface area contributed by atoms with Gasteiger partial charge in [-0.2, -0.15) is 0 Å². The summed E-state index contributed by atoms with van der Waals surface area (Å²) < 4.78 is 0. The van der Waals surface area contributed by atoms with Crippen LogP contribution in [-0.4, -0.2) is 36.1 Å². The van der Waals surface area contributed by atoms with Crippen molar-refractivity contribution in [1.29, 1.82) is 0 Å². The highest BCUT2D eigenvalue weighted by atomic mass is 32.1. The molecule has 0 spiro atoms. The van der Waals surface area contributed by atoms with E-state index in [-0.39, 0.29) is 0 Å². The molecule has 0 saturated heterocycles. The van der Waals surface area contributed by atoms with E-state index in [4.69, 9.17) is 0 Å². The van der Waals surface area contributed by atoms with Gasteiger partial charge in [0.2, 0.25) is 0 Å². The molecule has 1 heterocycles. The van der Waals surface area contributed by atoms with E-state index >= 15 is 0 Å². The quantitative estimate of drug-likeness (QED) is 0.827. The van der Waals surface area contributed by atoms with Crippen LogP contribution in [-0.2, 0) is 6.54 Å². The number of likely N-dealkylation sites (N-methyl/N-ethyl adjacent to an activating group) is 1. The molecule has 0 unspecified atom stereocenters. The molecule has 0 aliphatic carbocycles. The SMILES string of the molecule is Cc1nc(C)c(CN(C)CCNC(C)C)s1. The maximum atomic E-state index is 4.45. The molecule has 0 radical (unpaired) electrons. The van der Waals surface area contributed by atoms with Crippen LogP contribution in [0.1, 0.15) is 29.4 Å². The van der Waals surface area contributed by atoms with Crippen molar-refractivity contribution in [3.05, 3.63) is 15.6 Å². The molecule has 0 fully saturated rings. The smallest absolute Gasteiger partial charge is 0.0900 e. The number of nitrogens with one attached hydrogen (secondary N) is 1. The summed E-state index contributed by atoms with van der Waals surface area (Å²) in [5.74, 6) is 0. The van der Waals surface area contributed by atoms with Gasteiger partial charge in [0.25, 0.3) is 0 Å². The number of aromatic nitrogens is 1. The van der Waals surface area contributed by atoms with Gasteiger partial charge < -0.3 is 5.32 Å². The van der Waals surface area contributed by atoms with Gasteiger partial charge in [-0.3, -0.25) is 4.90 Å². The molecule has 0 amide bonds. The van der Waals surface area contributed by atoms with E-state index in [1.165, 1.54) is 15.6 Å². The molecule has 92 valence electrons. The van der Waals surface area contributed by atoms with E-state index in [9.17, 15) is 0 Å². The van der Waals surface area contributed by atoms with Crippen molar-refractivity contribution in [2.45, 2.75) is 40.3 Å². The maximum Gasteiger partial charge on any atom is 0.0900 e. The lowest BCUT2D eigenvalue weighted by Crippen LogP contribution is -2.32. The highest BCUT2D eigenvalue weighted by Crippen LogP contribution is 2.18. The topological polar surface area (TPSA) is 28.2 Å². The lowest BCUT2D eigenvalue weighted by atomic mass is 10.3. The van der Waals surface area contributed by atoms with Crippen molar-refractivity contribution in [1.82, 2.24) is 15.2 Å². The second-order valence-corrected chi connectivity index (χ2v) is 5.88. The number of hydrogen-bond acceptors (Lipinski definition) is 4. The molecule has 1 aromatic rings. The average molecular weight is 241 g/mol. The fourth-order valence-corrected chi connectivity index (χ4v) is 2.61. The molecule has 0 bridgehead atoms. The monoisotopic (exact) mass is 241 g/mol. The predicted octanol–water partition coefficient (Wildman–Crippen LogP) is 2.19. The molecular formula is C12H23N3S. The molecule has 16 heavy (non-hydrogen) atoms. The predicted molar refractivity (Wildman–Crippen MR) is 71.1 cm³/mol. The Morgan fingerprint density at radius 2 is 2.06 bits per heavy atom. The van der Waals surface area contributed by atoms with Gasteiger partial charge in [0.15, 0.2) is 0 Å². The number of aryl methyl sites for hydroxylation is 2. The van der Waals surface area contributed by atoms with Gasteiger partial charge in [-0.05, 0) is 20.9 Å². The molecular weight excluding hydrogens is 218 g/mol. The van der Waals surface area contributed by atoms with Crippen LogP contribution in [0.25, 0.3) is 0 Å². The van der Waals surface area contributed by atoms with Crippen LogP contribution in [0.4, 0.5) is 0 Å². The van der Waals surface area contributed by atoms with Crippen LogP contribution in [0, 0.1) is 13.8 Å². The van der Waals surface area contributed by atoms with E-state index in [2.05, 4.69) is 49.9 Å². The van der Waals surface area contributed by atoms with Crippen LogP contribution < -0.4 is 5.32 Å². The first-order chi connectivity index (χ1) is 7.49. The van der Waals surface area contributed by atoms with Crippen molar-refractivity contribution in [3.8, 4) is 0 Å². The fraction of sp³-hybridized carbons (Fsp3) is 0.750. The summed E-state index contributed by atoms with van der Waals surface area (Å²) >= 11 is 1.81. The van der Waals surface area contributed by atoms with Crippen LogP contribution in [0.5, 0.6) is 0 Å². The van der Waals surface area contributed by atoms with Gasteiger partial charge in [0.05, 0.1) is 10.7 Å². The Hall–Kier alpha value is -0.450. The third-order valence-electron chi connectivity index (χ3n) is 2.46. The molecule has 0 saturated carbocycles. The van der Waals surface area contributed by atoms with Crippen LogP contribution in [0.3, 0.4) is 0 Å². The van der Waals surface area contributed by atoms with E-state index in [1.54, 1.807) is 0 Å². The molecule has 4 heteroatoms. The minimum absolute atomic E-state index is 0.570. The van der Waals surface area contributed by atoms with Gasteiger partial charge in [0.1, 0.15) is 0 Å². The van der Waals surface area contributed by atoms with Crippen LogP contribution in [0.15, 0.2) is 0 Å². The highest BCUT2D eigenvalue weighted by molar-refractivity contribution is 7.11. The number of rotatable bonds is 6. The van der Waals surface area contributed by atoms with Crippen molar-refractivity contribution in [2.75, 3.05) is 20.1 Å². The first kappa shape index (κ1) is 13.6. The van der Waals surface area contributed by atoms with Crippen molar-refractivity contribution in [3.63, 3.8) is 0 Å². The highest BCUT2D eigenvalue weighted by Gasteiger charge is 2.07. The zero-order valence-electron chi connectivity index (χ0n) is 11.0. The van der Waals surface area contributed by atoms with Gasteiger partial charge in [-0.25, -0.2) is 4.98 Å². The first-order valence-corrected chi connectivity index (χ1v) is 6.65. The molecule has 0 aliphatic heterocycles. The number of hydrogen-bond donors (Lipinski definition) is 1. The zero-order chi connectivity index (χ0) is 12.1. The average Bonchev–Trinajstić information content (AvgIpc) is 2.44. The van der Waals surface area contributed by atoms with Crippen LogP contribution in [0.2, 0.25) is 0 Å². The van der Waals surface area contributed by atoms with Gasteiger partial charge in [0, 0.05) is 30.6 Å². The Labute approximate surface area is 103 Å². The summed E-state index contributed by atoms with van der Waals surface area (Å²) in [6, 6.07) is 0.570. The summed E-state index contributed by atoms with van der Waals surface area (Å²) in [6.07, 6.45) is 0. The Kier molecular flexibility index (Phi) is 5.38. The Morgan fingerprint density at radius 3 is 2.56 bits per heavy atom. The second-order valence-electron chi connectivity index (χ2n) is 4.59. The molecule has 1 rings (SSSR count). The summed E-state index contributed by atoms with van der Waals surface area (Å²) in [7, 11) is 2.16. The minimum atomic E-state index is 0.570. The lowest BCUT2D eigenvalue weighted by Gasteiger charge is -2.17. The number of thiazole rings is 1. The first-order valence-electron chi connectivity index (χ1n) is 5.84. The summed E-state index contributed by atoms with van der Waals surface area (Å²) in [5.41, 5.74) is 1.19. The molecule has 1 N–H and O–H groups in total. The van der Waals surface area contributed by atoms with Gasteiger partial charge in [-0.15, -0.1) is 11.3 Å². The number of nitrogens with zero attached hydrogens (tertiary/aromatic N) is 2. The normalized spacial score (nSPS) is 11.7. The molecule has 0 atom stereocenters. The fourth-order valence-electron chi connectivity index (χ4n) is 1.59. The van der Waals surface area contributed by atoms with E-state index in [0.29, 0.717) is 6.04 Å². The molecule has 0 aliphatic rings. The van der Waals surface area contributed by atoms with Crippen molar-refractivity contribution in [2.24, 2.45) is 0 Å². The van der Waals surface area contributed by atoms with E-state index in [1.807, 2.05) is 11.3 Å². The van der Waals surface area contributed by atoms with Crippen molar-refractivity contribution >= 4 is 11.3 Å². The van der Waals surface area contributed by atoms with E-state index < -0.39 is 0 Å². The van der Waals surface area contributed by atoms with Crippen LogP contribution >= 0.6 is 11.3 Å². The summed E-state index contributed by atoms with van der Waals surface area (Å²) in [6.45, 7) is 11.7. The molecule has 1 aromatic heterocycles. The van der Waals surface area contributed by atoms with Gasteiger partial charge >= 0.3 is 0 Å². The Morgan fingerprint density at radius 1 is 1.38 bits per heavy atom. The minimum Gasteiger partial charge on any atom is -0.313 e. The van der Waals surface area contributed by atoms with Crippen molar-refractivity contribution < 1.29 is 0 Å². The third-order valence-corrected chi connectivity index (χ3v) is 3.52. The third kappa shape index (κ3) is 4.60. The summed E-state index contributed by atoms with van der Waals surface area (Å²) in [5, 5.41) is 4.60. The zero-order valence-corrected chi connectivity index (χ0v) is 11.8. The van der Waals surface area contributed by atoms with E-state index in [0.717, 1.165) is 19.6 Å². The summed E-state index contributed by atoms with van der Waals surface area (Å²) in [4.78, 5) is 8.18. The maximum absolute atomic E-state index is 4.45.